The third-order valence-electron chi connectivity index (χ3n) is 3.55. The van der Waals surface area contributed by atoms with Crippen LogP contribution in [-0.2, 0) is 12.8 Å². The molecule has 2 aromatic heterocycles. The summed E-state index contributed by atoms with van der Waals surface area (Å²) in [5.41, 5.74) is 10.1. The molecule has 0 radical (unpaired) electrons. The van der Waals surface area contributed by atoms with E-state index in [0.29, 0.717) is 5.65 Å². The zero-order chi connectivity index (χ0) is 13.5. The molecule has 0 fully saturated rings. The van der Waals surface area contributed by atoms with E-state index in [2.05, 4.69) is 38.1 Å². The predicted octanol–water partition coefficient (Wildman–Crippen LogP) is 2.57. The van der Waals surface area contributed by atoms with Crippen LogP contribution in [0, 0.1) is 0 Å². The first-order valence-electron chi connectivity index (χ1n) is 6.56. The fraction of sp³-hybridized carbons (Fsp3) is 0.214. The summed E-state index contributed by atoms with van der Waals surface area (Å²) in [4.78, 5) is 16.8. The highest BCUT2D eigenvalue weighted by molar-refractivity contribution is 7.99. The molecule has 0 unspecified atom stereocenters. The lowest BCUT2D eigenvalue weighted by Crippen LogP contribution is -1.97. The van der Waals surface area contributed by atoms with Gasteiger partial charge in [0.05, 0.1) is 6.33 Å². The molecule has 3 aromatic rings. The zero-order valence-corrected chi connectivity index (χ0v) is 11.6. The molecule has 6 heteroatoms. The van der Waals surface area contributed by atoms with Crippen molar-refractivity contribution >= 4 is 28.9 Å². The van der Waals surface area contributed by atoms with Crippen molar-refractivity contribution in [2.24, 2.45) is 0 Å². The minimum Gasteiger partial charge on any atom is -0.368 e. The first kappa shape index (κ1) is 11.7. The van der Waals surface area contributed by atoms with Gasteiger partial charge >= 0.3 is 0 Å². The third-order valence-corrected chi connectivity index (χ3v) is 4.53. The van der Waals surface area contributed by atoms with E-state index in [1.807, 2.05) is 0 Å². The van der Waals surface area contributed by atoms with Crippen LogP contribution in [-0.4, -0.2) is 19.9 Å². The molecule has 1 aromatic carbocycles. The van der Waals surface area contributed by atoms with Crippen LogP contribution in [0.25, 0.3) is 11.2 Å². The zero-order valence-electron chi connectivity index (χ0n) is 10.8. The van der Waals surface area contributed by atoms with E-state index in [1.54, 1.807) is 18.1 Å². The fourth-order valence-electron chi connectivity index (χ4n) is 2.62. The molecule has 0 saturated carbocycles. The SMILES string of the molecule is Nc1nc(Sc2ccc3c(c2)CCC3)c2[nH]cnc2n1. The Hall–Kier alpha value is -2.08. The van der Waals surface area contributed by atoms with Gasteiger partial charge in [0.1, 0.15) is 10.5 Å². The summed E-state index contributed by atoms with van der Waals surface area (Å²) >= 11 is 1.60. The molecule has 0 bridgehead atoms. The topological polar surface area (TPSA) is 80.5 Å². The van der Waals surface area contributed by atoms with Gasteiger partial charge in [0.15, 0.2) is 5.65 Å². The molecular formula is C14H13N5S. The number of benzene rings is 1. The van der Waals surface area contributed by atoms with Crippen molar-refractivity contribution in [3.8, 4) is 0 Å². The van der Waals surface area contributed by atoms with Gasteiger partial charge in [-0.1, -0.05) is 17.8 Å². The summed E-state index contributed by atoms with van der Waals surface area (Å²) in [6.07, 6.45) is 5.25. The Morgan fingerprint density at radius 1 is 1.15 bits per heavy atom. The Labute approximate surface area is 120 Å². The Balaban J connectivity index is 1.75. The number of H-pyrrole nitrogens is 1. The molecule has 5 nitrogen and oxygen atoms in total. The highest BCUT2D eigenvalue weighted by Gasteiger charge is 2.14. The van der Waals surface area contributed by atoms with E-state index in [0.717, 1.165) is 10.5 Å². The summed E-state index contributed by atoms with van der Waals surface area (Å²) < 4.78 is 0. The number of nitrogens with two attached hydrogens (primary N) is 1. The molecule has 0 atom stereocenters. The lowest BCUT2D eigenvalue weighted by Gasteiger charge is -2.05. The van der Waals surface area contributed by atoms with Gasteiger partial charge < -0.3 is 10.7 Å². The molecule has 20 heavy (non-hydrogen) atoms. The highest BCUT2D eigenvalue weighted by Crippen LogP contribution is 2.33. The molecule has 1 aliphatic rings. The standard InChI is InChI=1S/C14H13N5S/c15-14-18-12-11(16-7-17-12)13(19-14)20-10-5-4-8-2-1-3-9(8)6-10/h4-7H,1-3H2,(H3,15,16,17,18,19). The van der Waals surface area contributed by atoms with Crippen molar-refractivity contribution < 1.29 is 0 Å². The summed E-state index contributed by atoms with van der Waals surface area (Å²) in [5.74, 6) is 0.258. The molecule has 0 spiro atoms. The second-order valence-electron chi connectivity index (χ2n) is 4.87. The number of nitrogens with one attached hydrogen (secondary N) is 1. The largest absolute Gasteiger partial charge is 0.368 e. The maximum absolute atomic E-state index is 5.74. The number of nitrogen functional groups attached to an aromatic ring is 1. The normalized spacial score (nSPS) is 13.8. The van der Waals surface area contributed by atoms with E-state index in [-0.39, 0.29) is 5.95 Å². The first-order chi connectivity index (χ1) is 9.79. The van der Waals surface area contributed by atoms with Crippen LogP contribution in [0.2, 0.25) is 0 Å². The molecular weight excluding hydrogens is 270 g/mol. The Morgan fingerprint density at radius 2 is 2.05 bits per heavy atom. The molecule has 0 amide bonds. The number of rotatable bonds is 2. The number of aromatic nitrogens is 4. The molecule has 100 valence electrons. The number of hydrogen-bond donors (Lipinski definition) is 2. The van der Waals surface area contributed by atoms with Crippen LogP contribution < -0.4 is 5.73 Å². The smallest absolute Gasteiger partial charge is 0.223 e. The van der Waals surface area contributed by atoms with Gasteiger partial charge in [0.2, 0.25) is 5.95 Å². The monoisotopic (exact) mass is 283 g/mol. The van der Waals surface area contributed by atoms with Crippen LogP contribution in [0.4, 0.5) is 5.95 Å². The summed E-state index contributed by atoms with van der Waals surface area (Å²) in [6, 6.07) is 6.63. The number of aromatic amines is 1. The molecule has 0 saturated heterocycles. The summed E-state index contributed by atoms with van der Waals surface area (Å²) in [6.45, 7) is 0. The molecule has 3 N–H and O–H groups in total. The van der Waals surface area contributed by atoms with E-state index < -0.39 is 0 Å². The third kappa shape index (κ3) is 1.92. The second-order valence-corrected chi connectivity index (χ2v) is 5.94. The average molecular weight is 283 g/mol. The van der Waals surface area contributed by atoms with Gasteiger partial charge in [0.25, 0.3) is 0 Å². The maximum atomic E-state index is 5.74. The molecule has 1 aliphatic carbocycles. The van der Waals surface area contributed by atoms with Crippen LogP contribution in [0.3, 0.4) is 0 Å². The quantitative estimate of drug-likeness (QED) is 0.706. The Bertz CT molecular complexity index is 795. The van der Waals surface area contributed by atoms with Crippen molar-refractivity contribution in [3.05, 3.63) is 35.7 Å². The summed E-state index contributed by atoms with van der Waals surface area (Å²) in [5, 5.41) is 0.822. The average Bonchev–Trinajstić information content (AvgIpc) is 3.05. The van der Waals surface area contributed by atoms with Crippen LogP contribution in [0.5, 0.6) is 0 Å². The number of nitrogens with zero attached hydrogens (tertiary/aromatic N) is 3. The van der Waals surface area contributed by atoms with Gasteiger partial charge in [-0.2, -0.15) is 4.98 Å². The number of fused-ring (bicyclic) bond motifs is 2. The minimum atomic E-state index is 0.258. The van der Waals surface area contributed by atoms with Crippen LogP contribution >= 0.6 is 11.8 Å². The number of imidazole rings is 1. The van der Waals surface area contributed by atoms with Gasteiger partial charge in [-0.05, 0) is 42.5 Å². The van der Waals surface area contributed by atoms with E-state index in [1.165, 1.54) is 35.3 Å². The van der Waals surface area contributed by atoms with Crippen molar-refractivity contribution in [2.45, 2.75) is 29.2 Å². The second kappa shape index (κ2) is 4.49. The van der Waals surface area contributed by atoms with E-state index >= 15 is 0 Å². The summed E-state index contributed by atoms with van der Waals surface area (Å²) in [7, 11) is 0. The molecule has 0 aliphatic heterocycles. The van der Waals surface area contributed by atoms with Crippen LogP contribution in [0.1, 0.15) is 17.5 Å². The van der Waals surface area contributed by atoms with E-state index in [9.17, 15) is 0 Å². The lowest BCUT2D eigenvalue weighted by molar-refractivity contribution is 0.911. The fourth-order valence-corrected chi connectivity index (χ4v) is 3.57. The minimum absolute atomic E-state index is 0.258. The molecule has 4 rings (SSSR count). The van der Waals surface area contributed by atoms with Gasteiger partial charge in [0, 0.05) is 4.90 Å². The lowest BCUT2D eigenvalue weighted by atomic mass is 10.1. The predicted molar refractivity (Wildman–Crippen MR) is 78.7 cm³/mol. The van der Waals surface area contributed by atoms with Gasteiger partial charge in [-0.25, -0.2) is 9.97 Å². The Morgan fingerprint density at radius 3 is 3.00 bits per heavy atom. The number of hydrogen-bond acceptors (Lipinski definition) is 5. The number of anilines is 1. The van der Waals surface area contributed by atoms with Crippen molar-refractivity contribution in [1.82, 2.24) is 19.9 Å². The van der Waals surface area contributed by atoms with Crippen molar-refractivity contribution in [2.75, 3.05) is 5.73 Å². The Kier molecular flexibility index (Phi) is 2.63. The van der Waals surface area contributed by atoms with Crippen molar-refractivity contribution in [1.29, 1.82) is 0 Å². The van der Waals surface area contributed by atoms with E-state index in [4.69, 9.17) is 5.73 Å². The maximum Gasteiger partial charge on any atom is 0.223 e. The number of aryl methyl sites for hydroxylation is 2. The molecule has 2 heterocycles. The van der Waals surface area contributed by atoms with Gasteiger partial charge in [-0.3, -0.25) is 0 Å². The van der Waals surface area contributed by atoms with Gasteiger partial charge in [-0.15, -0.1) is 0 Å². The first-order valence-corrected chi connectivity index (χ1v) is 7.37. The van der Waals surface area contributed by atoms with Crippen molar-refractivity contribution in [3.63, 3.8) is 0 Å². The van der Waals surface area contributed by atoms with Crippen LogP contribution in [0.15, 0.2) is 34.4 Å². The highest BCUT2D eigenvalue weighted by atomic mass is 32.2.